The number of hydrogen-bond acceptors (Lipinski definition) is 3. The third kappa shape index (κ3) is 2.61. The minimum absolute atomic E-state index is 0.228. The van der Waals surface area contributed by atoms with E-state index in [1.54, 1.807) is 12.1 Å². The van der Waals surface area contributed by atoms with Gasteiger partial charge in [0.25, 0.3) is 0 Å². The van der Waals surface area contributed by atoms with Crippen LogP contribution in [0.25, 0.3) is 0 Å². The number of nitrogens with zero attached hydrogens (tertiary/aromatic N) is 3. The lowest BCUT2D eigenvalue weighted by atomic mass is 10.2. The van der Waals surface area contributed by atoms with Gasteiger partial charge in [-0.05, 0) is 38.2 Å². The first kappa shape index (κ1) is 13.5. The second-order valence-electron chi connectivity index (χ2n) is 4.58. The van der Waals surface area contributed by atoms with Gasteiger partial charge in [-0.1, -0.05) is 0 Å². The molecule has 1 aromatic heterocycles. The van der Waals surface area contributed by atoms with E-state index in [-0.39, 0.29) is 5.82 Å². The molecule has 0 fully saturated rings. The Morgan fingerprint density at radius 1 is 1.32 bits per heavy atom. The summed E-state index contributed by atoms with van der Waals surface area (Å²) in [5, 5.41) is 7.61. The number of rotatable bonds is 4. The van der Waals surface area contributed by atoms with Gasteiger partial charge in [0.15, 0.2) is 0 Å². The quantitative estimate of drug-likeness (QED) is 0.918. The highest BCUT2D eigenvalue weighted by Crippen LogP contribution is 2.28. The summed E-state index contributed by atoms with van der Waals surface area (Å²) in [6.45, 7) is 2.75. The fourth-order valence-electron chi connectivity index (χ4n) is 2.28. The molecule has 0 unspecified atom stereocenters. The number of halogens is 1. The van der Waals surface area contributed by atoms with Crippen molar-refractivity contribution in [3.63, 3.8) is 0 Å². The maximum absolute atomic E-state index is 13.0. The van der Waals surface area contributed by atoms with Gasteiger partial charge in [-0.2, -0.15) is 5.10 Å². The van der Waals surface area contributed by atoms with E-state index >= 15 is 0 Å². The van der Waals surface area contributed by atoms with E-state index in [0.717, 1.165) is 29.3 Å². The summed E-state index contributed by atoms with van der Waals surface area (Å²) in [6.07, 6.45) is 0. The molecule has 0 spiro atoms. The highest BCUT2D eigenvalue weighted by atomic mass is 19.1. The molecule has 2 aromatic rings. The van der Waals surface area contributed by atoms with Gasteiger partial charge in [0.1, 0.15) is 11.6 Å². The third-order valence-corrected chi connectivity index (χ3v) is 3.20. The van der Waals surface area contributed by atoms with Crippen molar-refractivity contribution in [1.82, 2.24) is 15.1 Å². The first-order valence-electron chi connectivity index (χ1n) is 6.21. The Morgan fingerprint density at radius 3 is 2.53 bits per heavy atom. The highest BCUT2D eigenvalue weighted by molar-refractivity contribution is 5.63. The van der Waals surface area contributed by atoms with Gasteiger partial charge in [0.2, 0.25) is 0 Å². The molecule has 1 N–H and O–H groups in total. The standard InChI is InChI=1S/C14H19FN4/c1-10-13(9-16-2)14(19(4)17-10)18(3)12-7-5-11(15)6-8-12/h5-8,16H,9H2,1-4H3. The second-order valence-corrected chi connectivity index (χ2v) is 4.58. The van der Waals surface area contributed by atoms with Crippen molar-refractivity contribution in [3.05, 3.63) is 41.3 Å². The number of nitrogens with one attached hydrogen (secondary N) is 1. The van der Waals surface area contributed by atoms with Crippen molar-refractivity contribution in [2.24, 2.45) is 7.05 Å². The van der Waals surface area contributed by atoms with Crippen molar-refractivity contribution in [2.75, 3.05) is 19.0 Å². The molecule has 1 heterocycles. The largest absolute Gasteiger partial charge is 0.329 e. The Labute approximate surface area is 112 Å². The molecule has 2 rings (SSSR count). The van der Waals surface area contributed by atoms with Crippen molar-refractivity contribution in [1.29, 1.82) is 0 Å². The van der Waals surface area contributed by atoms with Crippen LogP contribution < -0.4 is 10.2 Å². The van der Waals surface area contributed by atoms with E-state index < -0.39 is 0 Å². The van der Waals surface area contributed by atoms with Crippen LogP contribution in [-0.2, 0) is 13.6 Å². The van der Waals surface area contributed by atoms with E-state index in [0.29, 0.717) is 0 Å². The molecular formula is C14H19FN4. The molecule has 0 radical (unpaired) electrons. The first-order chi connectivity index (χ1) is 9.04. The van der Waals surface area contributed by atoms with Crippen LogP contribution in [0.2, 0.25) is 0 Å². The minimum atomic E-state index is -0.228. The Balaban J connectivity index is 2.43. The summed E-state index contributed by atoms with van der Waals surface area (Å²) in [5.74, 6) is 0.784. The van der Waals surface area contributed by atoms with E-state index in [9.17, 15) is 4.39 Å². The maximum atomic E-state index is 13.0. The summed E-state index contributed by atoms with van der Waals surface area (Å²) in [6, 6.07) is 6.46. The topological polar surface area (TPSA) is 33.1 Å². The molecule has 0 bridgehead atoms. The van der Waals surface area contributed by atoms with Crippen LogP contribution in [0.3, 0.4) is 0 Å². The van der Waals surface area contributed by atoms with Crippen molar-refractivity contribution in [2.45, 2.75) is 13.5 Å². The second kappa shape index (κ2) is 5.40. The van der Waals surface area contributed by atoms with E-state index in [2.05, 4.69) is 10.4 Å². The molecule has 0 aliphatic carbocycles. The van der Waals surface area contributed by atoms with Crippen LogP contribution in [0, 0.1) is 12.7 Å². The van der Waals surface area contributed by atoms with Crippen molar-refractivity contribution in [3.8, 4) is 0 Å². The Kier molecular flexibility index (Phi) is 3.85. The van der Waals surface area contributed by atoms with Gasteiger partial charge < -0.3 is 10.2 Å². The average Bonchev–Trinajstić information content (AvgIpc) is 2.65. The summed E-state index contributed by atoms with van der Waals surface area (Å²) >= 11 is 0. The average molecular weight is 262 g/mol. The maximum Gasteiger partial charge on any atom is 0.135 e. The zero-order valence-corrected chi connectivity index (χ0v) is 11.7. The van der Waals surface area contributed by atoms with Crippen LogP contribution in [0.5, 0.6) is 0 Å². The summed E-state index contributed by atoms with van der Waals surface area (Å²) in [4.78, 5) is 2.02. The Morgan fingerprint density at radius 2 is 1.95 bits per heavy atom. The fraction of sp³-hybridized carbons (Fsp3) is 0.357. The molecule has 5 heteroatoms. The number of benzene rings is 1. The molecule has 0 aliphatic rings. The predicted molar refractivity (Wildman–Crippen MR) is 75.2 cm³/mol. The Hall–Kier alpha value is -1.88. The lowest BCUT2D eigenvalue weighted by Crippen LogP contribution is -2.17. The van der Waals surface area contributed by atoms with Crippen LogP contribution in [0.4, 0.5) is 15.9 Å². The number of aryl methyl sites for hydroxylation is 2. The van der Waals surface area contributed by atoms with Crippen molar-refractivity contribution < 1.29 is 4.39 Å². The van der Waals surface area contributed by atoms with Crippen molar-refractivity contribution >= 4 is 11.5 Å². The van der Waals surface area contributed by atoms with Gasteiger partial charge in [-0.15, -0.1) is 0 Å². The van der Waals surface area contributed by atoms with E-state index in [4.69, 9.17) is 0 Å². The summed E-state index contributed by atoms with van der Waals surface area (Å²) in [5.41, 5.74) is 3.08. The number of aromatic nitrogens is 2. The summed E-state index contributed by atoms with van der Waals surface area (Å²) < 4.78 is 14.8. The van der Waals surface area contributed by atoms with Crippen LogP contribution in [-0.4, -0.2) is 23.9 Å². The van der Waals surface area contributed by atoms with Gasteiger partial charge >= 0.3 is 0 Å². The minimum Gasteiger partial charge on any atom is -0.329 e. The zero-order valence-electron chi connectivity index (χ0n) is 11.7. The van der Waals surface area contributed by atoms with Crippen LogP contribution in [0.15, 0.2) is 24.3 Å². The molecule has 102 valence electrons. The fourth-order valence-corrected chi connectivity index (χ4v) is 2.28. The molecule has 0 atom stereocenters. The van der Waals surface area contributed by atoms with E-state index in [1.807, 2.05) is 37.6 Å². The molecule has 1 aromatic carbocycles. The smallest absolute Gasteiger partial charge is 0.135 e. The first-order valence-corrected chi connectivity index (χ1v) is 6.21. The van der Waals surface area contributed by atoms with Crippen LogP contribution in [0.1, 0.15) is 11.3 Å². The molecule has 0 aliphatic heterocycles. The predicted octanol–water partition coefficient (Wildman–Crippen LogP) is 2.35. The molecule has 4 nitrogen and oxygen atoms in total. The number of anilines is 2. The van der Waals surface area contributed by atoms with E-state index in [1.165, 1.54) is 12.1 Å². The number of hydrogen-bond donors (Lipinski definition) is 1. The van der Waals surface area contributed by atoms with Gasteiger partial charge in [0.05, 0.1) is 5.69 Å². The molecule has 0 saturated carbocycles. The van der Waals surface area contributed by atoms with Gasteiger partial charge in [-0.3, -0.25) is 4.68 Å². The molecule has 0 amide bonds. The molecular weight excluding hydrogens is 243 g/mol. The SMILES string of the molecule is CNCc1c(C)nn(C)c1N(C)c1ccc(F)cc1. The summed E-state index contributed by atoms with van der Waals surface area (Å²) in [7, 11) is 5.79. The zero-order chi connectivity index (χ0) is 14.0. The monoisotopic (exact) mass is 262 g/mol. The lowest BCUT2D eigenvalue weighted by Gasteiger charge is -2.21. The van der Waals surface area contributed by atoms with Crippen LogP contribution >= 0.6 is 0 Å². The lowest BCUT2D eigenvalue weighted by molar-refractivity contribution is 0.628. The third-order valence-electron chi connectivity index (χ3n) is 3.20. The highest BCUT2D eigenvalue weighted by Gasteiger charge is 2.17. The van der Waals surface area contributed by atoms with Gasteiger partial charge in [0, 0.05) is 31.9 Å². The normalized spacial score (nSPS) is 10.8. The molecule has 19 heavy (non-hydrogen) atoms. The molecule has 0 saturated heterocycles. The Bertz CT molecular complexity index is 560. The van der Waals surface area contributed by atoms with Gasteiger partial charge in [-0.25, -0.2) is 4.39 Å².